The molecule has 11 N–H and O–H groups in total. The molecule has 36 heavy (non-hydrogen) atoms. The molecule has 0 radical (unpaired) electrons. The van der Waals surface area contributed by atoms with E-state index in [0.29, 0.717) is 38.6 Å². The van der Waals surface area contributed by atoms with Crippen molar-refractivity contribution in [2.75, 3.05) is 19.6 Å². The van der Waals surface area contributed by atoms with Gasteiger partial charge in [-0.05, 0) is 70.4 Å². The number of amides is 3. The zero-order valence-corrected chi connectivity index (χ0v) is 21.4. The number of rotatable bonds is 17. The van der Waals surface area contributed by atoms with Crippen LogP contribution in [0.2, 0.25) is 0 Å². The summed E-state index contributed by atoms with van der Waals surface area (Å²) < 4.78 is 0. The van der Waals surface area contributed by atoms with E-state index in [4.69, 9.17) is 17.2 Å². The van der Waals surface area contributed by atoms with Gasteiger partial charge in [0.15, 0.2) is 5.96 Å². The highest BCUT2D eigenvalue weighted by Gasteiger charge is 2.31. The van der Waals surface area contributed by atoms with Gasteiger partial charge in [-0.2, -0.15) is 0 Å². The Morgan fingerprint density at radius 3 is 2.17 bits per heavy atom. The van der Waals surface area contributed by atoms with Crippen molar-refractivity contribution in [3.05, 3.63) is 0 Å². The minimum Gasteiger partial charge on any atom is -0.480 e. The number of carboxylic acid groups (broad SMARTS) is 1. The number of hydrogen-bond acceptors (Lipinski definition) is 7. The topological polar surface area (TPSA) is 227 Å². The van der Waals surface area contributed by atoms with Crippen molar-refractivity contribution in [1.82, 2.24) is 21.3 Å². The van der Waals surface area contributed by atoms with Crippen LogP contribution < -0.4 is 38.5 Å². The highest BCUT2D eigenvalue weighted by Crippen LogP contribution is 2.10. The third-order valence-electron chi connectivity index (χ3n) is 5.86. The highest BCUT2D eigenvalue weighted by atomic mass is 16.4. The first-order chi connectivity index (χ1) is 17.0. The Labute approximate surface area is 212 Å². The van der Waals surface area contributed by atoms with E-state index in [1.165, 1.54) is 0 Å². The van der Waals surface area contributed by atoms with E-state index in [-0.39, 0.29) is 43.2 Å². The fourth-order valence-electron chi connectivity index (χ4n) is 3.95. The minimum absolute atomic E-state index is 0.0409. The van der Waals surface area contributed by atoms with Crippen LogP contribution >= 0.6 is 0 Å². The van der Waals surface area contributed by atoms with Crippen molar-refractivity contribution in [2.45, 2.75) is 89.4 Å². The van der Waals surface area contributed by atoms with E-state index >= 15 is 0 Å². The summed E-state index contributed by atoms with van der Waals surface area (Å²) in [6.45, 7) is 5.22. The van der Waals surface area contributed by atoms with Crippen molar-refractivity contribution in [2.24, 2.45) is 28.1 Å². The van der Waals surface area contributed by atoms with Crippen LogP contribution in [0.25, 0.3) is 0 Å². The maximum atomic E-state index is 13.2. The standard InChI is InChI=1S/C23H44N8O5/c1-14(2)13-18(21(34)30-17(22(35)36)7-3-4-10-24)31-20(33)16(9-6-12-28-23(25)26)29-19(32)15-8-5-11-27-15/h14-18,27H,3-13,24H2,1-2H3,(H,29,32)(H,30,34)(H,31,33)(H,35,36)(H4,25,26,28). The maximum Gasteiger partial charge on any atom is 0.326 e. The average molecular weight is 513 g/mol. The maximum absolute atomic E-state index is 13.2. The predicted octanol–water partition coefficient (Wildman–Crippen LogP) is -1.49. The van der Waals surface area contributed by atoms with E-state index < -0.39 is 35.9 Å². The summed E-state index contributed by atoms with van der Waals surface area (Å²) in [7, 11) is 0. The Kier molecular flexibility index (Phi) is 14.4. The fraction of sp³-hybridized carbons (Fsp3) is 0.783. The second kappa shape index (κ2) is 16.7. The molecular weight excluding hydrogens is 468 g/mol. The first-order valence-electron chi connectivity index (χ1n) is 12.7. The molecule has 0 bridgehead atoms. The van der Waals surface area contributed by atoms with Crippen LogP contribution in [-0.2, 0) is 19.2 Å². The van der Waals surface area contributed by atoms with E-state index in [0.717, 1.165) is 13.0 Å². The second-order valence-electron chi connectivity index (χ2n) is 9.53. The molecule has 4 unspecified atom stereocenters. The SMILES string of the molecule is CC(C)CC(NC(=O)C(CCCN=C(N)N)NC(=O)C1CCCN1)C(=O)NC(CCCCN)C(=O)O. The lowest BCUT2D eigenvalue weighted by Crippen LogP contribution is -2.57. The molecule has 206 valence electrons. The molecule has 3 amide bonds. The van der Waals surface area contributed by atoms with Gasteiger partial charge in [0.05, 0.1) is 6.04 Å². The van der Waals surface area contributed by atoms with Crippen LogP contribution in [0.5, 0.6) is 0 Å². The molecule has 0 saturated carbocycles. The first-order valence-corrected chi connectivity index (χ1v) is 12.7. The summed E-state index contributed by atoms with van der Waals surface area (Å²) in [6.07, 6.45) is 3.95. The normalized spacial score (nSPS) is 17.6. The predicted molar refractivity (Wildman–Crippen MR) is 137 cm³/mol. The molecule has 4 atom stereocenters. The lowest BCUT2D eigenvalue weighted by atomic mass is 10.0. The van der Waals surface area contributed by atoms with Gasteiger partial charge in [-0.1, -0.05) is 13.8 Å². The van der Waals surface area contributed by atoms with Crippen molar-refractivity contribution in [1.29, 1.82) is 0 Å². The number of carbonyl (C=O) groups excluding carboxylic acids is 3. The molecular formula is C23H44N8O5. The summed E-state index contributed by atoms with van der Waals surface area (Å²) in [4.78, 5) is 54.4. The third-order valence-corrected chi connectivity index (χ3v) is 5.86. The molecule has 1 fully saturated rings. The van der Waals surface area contributed by atoms with E-state index in [2.05, 4.69) is 26.3 Å². The van der Waals surface area contributed by atoms with Gasteiger partial charge in [-0.3, -0.25) is 19.4 Å². The molecule has 0 spiro atoms. The Hall–Kier alpha value is -2.93. The average Bonchev–Trinajstić information content (AvgIpc) is 3.34. The monoisotopic (exact) mass is 512 g/mol. The van der Waals surface area contributed by atoms with Gasteiger partial charge in [0.2, 0.25) is 17.7 Å². The molecule has 0 aromatic rings. The van der Waals surface area contributed by atoms with Crippen LogP contribution in [0.15, 0.2) is 4.99 Å². The number of nitrogens with two attached hydrogens (primary N) is 3. The zero-order chi connectivity index (χ0) is 27.1. The quantitative estimate of drug-likeness (QED) is 0.0643. The number of carboxylic acids is 1. The Balaban J connectivity index is 2.92. The van der Waals surface area contributed by atoms with Gasteiger partial charge < -0.3 is 43.6 Å². The van der Waals surface area contributed by atoms with Crippen LogP contribution in [0, 0.1) is 5.92 Å². The summed E-state index contributed by atoms with van der Waals surface area (Å²) in [5, 5.41) is 20.6. The summed E-state index contributed by atoms with van der Waals surface area (Å²) in [5.74, 6) is -2.57. The van der Waals surface area contributed by atoms with Crippen molar-refractivity contribution >= 4 is 29.7 Å². The smallest absolute Gasteiger partial charge is 0.326 e. The second-order valence-corrected chi connectivity index (χ2v) is 9.53. The van der Waals surface area contributed by atoms with E-state index in [1.807, 2.05) is 13.8 Å². The van der Waals surface area contributed by atoms with Crippen molar-refractivity contribution < 1.29 is 24.3 Å². The summed E-state index contributed by atoms with van der Waals surface area (Å²) >= 11 is 0. The molecule has 1 aliphatic rings. The molecule has 0 aromatic carbocycles. The minimum atomic E-state index is -1.15. The number of hydrogen-bond donors (Lipinski definition) is 8. The first kappa shape index (κ1) is 31.1. The fourth-order valence-corrected chi connectivity index (χ4v) is 3.95. The zero-order valence-electron chi connectivity index (χ0n) is 21.4. The molecule has 1 heterocycles. The van der Waals surface area contributed by atoms with Crippen LogP contribution in [0.1, 0.15) is 65.2 Å². The van der Waals surface area contributed by atoms with Gasteiger partial charge in [-0.15, -0.1) is 0 Å². The molecule has 1 saturated heterocycles. The van der Waals surface area contributed by atoms with Crippen molar-refractivity contribution in [3.63, 3.8) is 0 Å². The molecule has 13 heteroatoms. The number of nitrogens with zero attached hydrogens (tertiary/aromatic N) is 1. The Morgan fingerprint density at radius 1 is 0.972 bits per heavy atom. The largest absolute Gasteiger partial charge is 0.480 e. The lowest BCUT2D eigenvalue weighted by Gasteiger charge is -2.26. The van der Waals surface area contributed by atoms with Gasteiger partial charge in [0.1, 0.15) is 18.1 Å². The summed E-state index contributed by atoms with van der Waals surface area (Å²) in [6, 6.07) is -3.33. The molecule has 0 aliphatic carbocycles. The number of guanidine groups is 1. The van der Waals surface area contributed by atoms with Crippen molar-refractivity contribution in [3.8, 4) is 0 Å². The van der Waals surface area contributed by atoms with E-state index in [1.54, 1.807) is 0 Å². The Morgan fingerprint density at radius 2 is 1.61 bits per heavy atom. The van der Waals surface area contributed by atoms with Crippen LogP contribution in [0.3, 0.4) is 0 Å². The Bertz CT molecular complexity index is 751. The molecule has 1 rings (SSSR count). The highest BCUT2D eigenvalue weighted by molar-refractivity contribution is 5.94. The van der Waals surface area contributed by atoms with Gasteiger partial charge >= 0.3 is 5.97 Å². The number of aliphatic imine (C=N–C) groups is 1. The molecule has 1 aliphatic heterocycles. The number of unbranched alkanes of at least 4 members (excludes halogenated alkanes) is 1. The molecule has 0 aromatic heterocycles. The number of aliphatic carboxylic acids is 1. The van der Waals surface area contributed by atoms with Crippen LogP contribution in [-0.4, -0.2) is 78.6 Å². The third kappa shape index (κ3) is 12.2. The molecule has 13 nitrogen and oxygen atoms in total. The van der Waals surface area contributed by atoms with Gasteiger partial charge in [-0.25, -0.2) is 4.79 Å². The number of carbonyl (C=O) groups is 4. The number of nitrogens with one attached hydrogen (secondary N) is 4. The van der Waals surface area contributed by atoms with Gasteiger partial charge in [0.25, 0.3) is 0 Å². The van der Waals surface area contributed by atoms with Crippen LogP contribution in [0.4, 0.5) is 0 Å². The summed E-state index contributed by atoms with van der Waals surface area (Å²) in [5.41, 5.74) is 16.2. The van der Waals surface area contributed by atoms with Gasteiger partial charge in [0, 0.05) is 6.54 Å². The lowest BCUT2D eigenvalue weighted by molar-refractivity contribution is -0.142. The van der Waals surface area contributed by atoms with E-state index in [9.17, 15) is 24.3 Å².